The van der Waals surface area contributed by atoms with Crippen LogP contribution in [0.5, 0.6) is 0 Å². The summed E-state index contributed by atoms with van der Waals surface area (Å²) in [4.78, 5) is 4.01. The molecule has 1 aromatic rings. The van der Waals surface area contributed by atoms with Crippen molar-refractivity contribution in [3.63, 3.8) is 0 Å². The maximum absolute atomic E-state index is 12.1. The minimum absolute atomic E-state index is 0.275. The molecule has 1 heterocycles. The lowest BCUT2D eigenvalue weighted by Gasteiger charge is -2.07. The van der Waals surface area contributed by atoms with Crippen LogP contribution in [0.4, 0.5) is 8.78 Å². The molecule has 1 rings (SSSR count). The molecular weight excluding hydrogens is 188 g/mol. The van der Waals surface area contributed by atoms with Crippen LogP contribution in [0.15, 0.2) is 12.4 Å². The fraction of sp³-hybridized carbons (Fsp3) is 0.667. The van der Waals surface area contributed by atoms with Gasteiger partial charge >= 0.3 is 0 Å². The van der Waals surface area contributed by atoms with Crippen molar-refractivity contribution in [2.45, 2.75) is 32.9 Å². The zero-order valence-electron chi connectivity index (χ0n) is 8.21. The monoisotopic (exact) mass is 203 g/mol. The molecule has 0 aliphatic carbocycles. The highest BCUT2D eigenvalue weighted by atomic mass is 19.3. The van der Waals surface area contributed by atoms with Crippen molar-refractivity contribution in [1.82, 2.24) is 14.9 Å². The van der Waals surface area contributed by atoms with Crippen LogP contribution >= 0.6 is 0 Å². The van der Waals surface area contributed by atoms with Gasteiger partial charge in [-0.25, -0.2) is 13.8 Å². The lowest BCUT2D eigenvalue weighted by Crippen LogP contribution is -2.19. The van der Waals surface area contributed by atoms with Crippen LogP contribution in [0, 0.1) is 0 Å². The molecule has 0 saturated heterocycles. The standard InChI is InChI=1S/C9H15F2N3/c1-2-3-12-6-9-13-4-5-14(9)7-8(10)11/h4-5,8,12H,2-3,6-7H2,1H3. The molecule has 0 aliphatic rings. The number of nitrogens with zero attached hydrogens (tertiary/aromatic N) is 2. The summed E-state index contributed by atoms with van der Waals surface area (Å²) in [5.74, 6) is 0.666. The topological polar surface area (TPSA) is 29.9 Å². The molecular formula is C9H15F2N3. The highest BCUT2D eigenvalue weighted by molar-refractivity contribution is 4.92. The van der Waals surface area contributed by atoms with Gasteiger partial charge in [-0.1, -0.05) is 6.92 Å². The Kier molecular flexibility index (Phi) is 4.52. The van der Waals surface area contributed by atoms with E-state index in [-0.39, 0.29) is 6.54 Å². The largest absolute Gasteiger partial charge is 0.328 e. The van der Waals surface area contributed by atoms with E-state index in [1.807, 2.05) is 0 Å². The third-order valence-electron chi connectivity index (χ3n) is 1.85. The van der Waals surface area contributed by atoms with Crippen LogP contribution in [-0.4, -0.2) is 22.5 Å². The summed E-state index contributed by atoms with van der Waals surface area (Å²) in [7, 11) is 0. The van der Waals surface area contributed by atoms with Crippen LogP contribution in [-0.2, 0) is 13.1 Å². The van der Waals surface area contributed by atoms with E-state index in [2.05, 4.69) is 17.2 Å². The fourth-order valence-electron chi connectivity index (χ4n) is 1.20. The van der Waals surface area contributed by atoms with Crippen molar-refractivity contribution < 1.29 is 8.78 Å². The first kappa shape index (κ1) is 11.1. The molecule has 1 N–H and O–H groups in total. The predicted octanol–water partition coefficient (Wildman–Crippen LogP) is 1.65. The Morgan fingerprint density at radius 2 is 2.36 bits per heavy atom. The second kappa shape index (κ2) is 5.70. The van der Waals surface area contributed by atoms with E-state index < -0.39 is 6.43 Å². The van der Waals surface area contributed by atoms with E-state index in [9.17, 15) is 8.78 Å². The minimum Gasteiger partial charge on any atom is -0.328 e. The molecule has 0 aromatic carbocycles. The Bertz CT molecular complexity index is 260. The van der Waals surface area contributed by atoms with Crippen LogP contribution in [0.3, 0.4) is 0 Å². The average molecular weight is 203 g/mol. The van der Waals surface area contributed by atoms with Crippen LogP contribution < -0.4 is 5.32 Å². The fourth-order valence-corrected chi connectivity index (χ4v) is 1.20. The first-order valence-electron chi connectivity index (χ1n) is 4.73. The van der Waals surface area contributed by atoms with Crippen molar-refractivity contribution in [1.29, 1.82) is 0 Å². The number of halogens is 2. The molecule has 5 heteroatoms. The van der Waals surface area contributed by atoms with Gasteiger partial charge in [0.15, 0.2) is 0 Å². The molecule has 1 aromatic heterocycles. The Morgan fingerprint density at radius 3 is 3.00 bits per heavy atom. The number of imidazole rings is 1. The van der Waals surface area contributed by atoms with Crippen molar-refractivity contribution >= 4 is 0 Å². The Morgan fingerprint density at radius 1 is 1.57 bits per heavy atom. The van der Waals surface area contributed by atoms with Gasteiger partial charge in [-0.05, 0) is 13.0 Å². The van der Waals surface area contributed by atoms with Gasteiger partial charge in [0, 0.05) is 12.4 Å². The molecule has 0 radical (unpaired) electrons. The van der Waals surface area contributed by atoms with E-state index in [0.717, 1.165) is 13.0 Å². The maximum Gasteiger partial charge on any atom is 0.256 e. The van der Waals surface area contributed by atoms with E-state index in [1.165, 1.54) is 4.57 Å². The van der Waals surface area contributed by atoms with E-state index in [0.29, 0.717) is 12.4 Å². The summed E-state index contributed by atoms with van der Waals surface area (Å²) >= 11 is 0. The normalized spacial score (nSPS) is 11.1. The number of hydrogen-bond acceptors (Lipinski definition) is 2. The summed E-state index contributed by atoms with van der Waals surface area (Å²) in [5, 5.41) is 3.12. The SMILES string of the molecule is CCCNCc1nccn1CC(F)F. The molecule has 0 atom stereocenters. The molecule has 0 fully saturated rings. The maximum atomic E-state index is 12.1. The number of nitrogens with one attached hydrogen (secondary N) is 1. The van der Waals surface area contributed by atoms with Crippen molar-refractivity contribution in [3.05, 3.63) is 18.2 Å². The molecule has 0 bridgehead atoms. The molecule has 0 unspecified atom stereocenters. The second-order valence-electron chi connectivity index (χ2n) is 3.06. The minimum atomic E-state index is -2.32. The highest BCUT2D eigenvalue weighted by Crippen LogP contribution is 2.02. The molecule has 0 saturated carbocycles. The Balaban J connectivity index is 2.45. The van der Waals surface area contributed by atoms with Crippen molar-refractivity contribution in [2.24, 2.45) is 0 Å². The molecule has 0 aliphatic heterocycles. The molecule has 80 valence electrons. The van der Waals surface area contributed by atoms with Crippen molar-refractivity contribution in [3.8, 4) is 0 Å². The molecule has 0 amide bonds. The summed E-state index contributed by atoms with van der Waals surface area (Å²) < 4.78 is 25.7. The average Bonchev–Trinajstić information content (AvgIpc) is 2.52. The zero-order chi connectivity index (χ0) is 10.4. The van der Waals surface area contributed by atoms with Gasteiger partial charge in [-0.2, -0.15) is 0 Å². The summed E-state index contributed by atoms with van der Waals surface area (Å²) in [6.45, 7) is 3.21. The second-order valence-corrected chi connectivity index (χ2v) is 3.06. The van der Waals surface area contributed by atoms with Crippen molar-refractivity contribution in [2.75, 3.05) is 6.54 Å². The summed E-state index contributed by atoms with van der Waals surface area (Å²) in [5.41, 5.74) is 0. The first-order valence-corrected chi connectivity index (χ1v) is 4.73. The van der Waals surface area contributed by atoms with Gasteiger partial charge in [0.05, 0.1) is 13.1 Å². The van der Waals surface area contributed by atoms with Gasteiger partial charge < -0.3 is 9.88 Å². The first-order chi connectivity index (χ1) is 6.74. The van der Waals surface area contributed by atoms with Crippen LogP contribution in [0.25, 0.3) is 0 Å². The number of alkyl halides is 2. The van der Waals surface area contributed by atoms with Gasteiger partial charge in [0.2, 0.25) is 0 Å². The zero-order valence-corrected chi connectivity index (χ0v) is 8.21. The molecule has 14 heavy (non-hydrogen) atoms. The number of hydrogen-bond donors (Lipinski definition) is 1. The van der Waals surface area contributed by atoms with Gasteiger partial charge in [-0.15, -0.1) is 0 Å². The summed E-state index contributed by atoms with van der Waals surface area (Å²) in [6, 6.07) is 0. The Hall–Kier alpha value is -0.970. The van der Waals surface area contributed by atoms with E-state index >= 15 is 0 Å². The van der Waals surface area contributed by atoms with Gasteiger partial charge in [0.1, 0.15) is 5.82 Å². The van der Waals surface area contributed by atoms with E-state index in [1.54, 1.807) is 12.4 Å². The Labute approximate surface area is 82.1 Å². The molecule has 3 nitrogen and oxygen atoms in total. The van der Waals surface area contributed by atoms with Gasteiger partial charge in [0.25, 0.3) is 6.43 Å². The third kappa shape index (κ3) is 3.41. The lowest BCUT2D eigenvalue weighted by molar-refractivity contribution is 0.125. The number of aromatic nitrogens is 2. The third-order valence-corrected chi connectivity index (χ3v) is 1.85. The van der Waals surface area contributed by atoms with E-state index in [4.69, 9.17) is 0 Å². The van der Waals surface area contributed by atoms with Crippen LogP contribution in [0.2, 0.25) is 0 Å². The van der Waals surface area contributed by atoms with Gasteiger partial charge in [-0.3, -0.25) is 0 Å². The summed E-state index contributed by atoms with van der Waals surface area (Å²) in [6.07, 6.45) is 1.82. The molecule has 0 spiro atoms. The smallest absolute Gasteiger partial charge is 0.256 e. The predicted molar refractivity (Wildman–Crippen MR) is 50.2 cm³/mol. The quantitative estimate of drug-likeness (QED) is 0.712. The van der Waals surface area contributed by atoms with Crippen LogP contribution in [0.1, 0.15) is 19.2 Å². The lowest BCUT2D eigenvalue weighted by atomic mass is 10.4. The highest BCUT2D eigenvalue weighted by Gasteiger charge is 2.07. The number of rotatable bonds is 6.